The van der Waals surface area contributed by atoms with Gasteiger partial charge >= 0.3 is 6.18 Å². The molecular weight excluding hydrogens is 551 g/mol. The van der Waals surface area contributed by atoms with Gasteiger partial charge in [-0.1, -0.05) is 70.1 Å². The predicted molar refractivity (Wildman–Crippen MR) is 157 cm³/mol. The number of nitrogens with zero attached hydrogens (tertiary/aromatic N) is 1. The van der Waals surface area contributed by atoms with Crippen LogP contribution in [-0.4, -0.2) is 24.1 Å². The van der Waals surface area contributed by atoms with Crippen LogP contribution in [0.25, 0.3) is 22.2 Å². The topological polar surface area (TPSA) is 84.1 Å². The van der Waals surface area contributed by atoms with Gasteiger partial charge in [0.05, 0.1) is 22.3 Å². The third-order valence-electron chi connectivity index (χ3n) is 6.82. The number of sulfonamides is 1. The van der Waals surface area contributed by atoms with Crippen LogP contribution in [0.2, 0.25) is 0 Å². The molecule has 3 aromatic carbocycles. The van der Waals surface area contributed by atoms with E-state index >= 15 is 0 Å². The molecule has 0 atom stereocenters. The molecule has 4 rings (SSSR count). The lowest BCUT2D eigenvalue weighted by atomic mass is 10.0. The van der Waals surface area contributed by atoms with E-state index in [4.69, 9.17) is 4.74 Å². The summed E-state index contributed by atoms with van der Waals surface area (Å²) < 4.78 is 71.9. The monoisotopic (exact) mass is 587 g/mol. The van der Waals surface area contributed by atoms with Crippen LogP contribution < -0.4 is 9.46 Å². The number of rotatable bonds is 15. The number of hydrogen-bond acceptors (Lipinski definition) is 4. The van der Waals surface area contributed by atoms with Crippen LogP contribution in [-0.2, 0) is 22.8 Å². The average molecular weight is 588 g/mol. The minimum Gasteiger partial charge on any atom is -0.486 e. The molecule has 6 nitrogen and oxygen atoms in total. The zero-order valence-corrected chi connectivity index (χ0v) is 24.0. The molecule has 0 saturated carbocycles. The molecule has 4 aromatic rings. The molecule has 1 heterocycles. The molecule has 0 radical (unpaired) electrons. The number of imidazole rings is 1. The zero-order chi connectivity index (χ0) is 29.3. The highest BCUT2D eigenvalue weighted by atomic mass is 32.2. The first-order valence-electron chi connectivity index (χ1n) is 14.0. The number of H-pyrrole nitrogens is 1. The van der Waals surface area contributed by atoms with Gasteiger partial charge in [-0.15, -0.1) is 0 Å². The number of alkyl halides is 3. The summed E-state index contributed by atoms with van der Waals surface area (Å²) >= 11 is 0. The number of ether oxygens (including phenoxy) is 1. The second kappa shape index (κ2) is 13.9. The summed E-state index contributed by atoms with van der Waals surface area (Å²) in [5, 5.41) is 0. The Morgan fingerprint density at radius 3 is 2.24 bits per heavy atom. The highest BCUT2D eigenvalue weighted by Gasteiger charge is 2.30. The fourth-order valence-electron chi connectivity index (χ4n) is 4.62. The van der Waals surface area contributed by atoms with Gasteiger partial charge in [-0.05, 0) is 66.1 Å². The number of anilines is 1. The van der Waals surface area contributed by atoms with Crippen molar-refractivity contribution in [1.29, 1.82) is 0 Å². The molecule has 0 unspecified atom stereocenters. The number of hydrogen-bond donors (Lipinski definition) is 2. The van der Waals surface area contributed by atoms with E-state index in [0.29, 0.717) is 29.2 Å². The Morgan fingerprint density at radius 1 is 0.854 bits per heavy atom. The van der Waals surface area contributed by atoms with E-state index in [2.05, 4.69) is 21.6 Å². The summed E-state index contributed by atoms with van der Waals surface area (Å²) in [4.78, 5) is 7.68. The van der Waals surface area contributed by atoms with Crippen LogP contribution >= 0.6 is 0 Å². The number of aromatic nitrogens is 2. The SMILES string of the molecule is CCCCCCCCCCS(=O)(=O)Nc1cccc(-c2ccc3nc(COc4ccc(C(F)(F)F)cc4)[nH]c3c2)c1. The molecule has 0 bridgehead atoms. The van der Waals surface area contributed by atoms with E-state index in [1.807, 2.05) is 30.3 Å². The van der Waals surface area contributed by atoms with Crippen molar-refractivity contribution in [2.24, 2.45) is 0 Å². The predicted octanol–water partition coefficient (Wildman–Crippen LogP) is 8.71. The van der Waals surface area contributed by atoms with E-state index in [0.717, 1.165) is 48.0 Å². The number of benzene rings is 3. The Morgan fingerprint density at radius 2 is 1.54 bits per heavy atom. The smallest absolute Gasteiger partial charge is 0.416 e. The van der Waals surface area contributed by atoms with Gasteiger partial charge in [-0.25, -0.2) is 13.4 Å². The maximum absolute atomic E-state index is 12.8. The quantitative estimate of drug-likeness (QED) is 0.136. The maximum atomic E-state index is 12.8. The fraction of sp³-hybridized carbons (Fsp3) is 0.387. The number of halogens is 3. The van der Waals surface area contributed by atoms with Crippen molar-refractivity contribution in [3.63, 3.8) is 0 Å². The first-order chi connectivity index (χ1) is 19.6. The van der Waals surface area contributed by atoms with E-state index in [1.165, 1.54) is 37.8 Å². The van der Waals surface area contributed by atoms with E-state index < -0.39 is 21.8 Å². The highest BCUT2D eigenvalue weighted by Crippen LogP contribution is 2.31. The Bertz CT molecular complexity index is 1520. The van der Waals surface area contributed by atoms with Crippen molar-refractivity contribution >= 4 is 26.7 Å². The van der Waals surface area contributed by atoms with Gasteiger partial charge < -0.3 is 9.72 Å². The van der Waals surface area contributed by atoms with Gasteiger partial charge in [0.1, 0.15) is 18.2 Å². The molecule has 0 spiro atoms. The molecule has 0 saturated heterocycles. The fourth-order valence-corrected chi connectivity index (χ4v) is 5.79. The van der Waals surface area contributed by atoms with Gasteiger partial charge in [-0.3, -0.25) is 4.72 Å². The first kappa shape index (κ1) is 30.4. The Labute approximate surface area is 239 Å². The number of aromatic amines is 1. The van der Waals surface area contributed by atoms with Gasteiger partial charge in [0.25, 0.3) is 0 Å². The molecule has 0 aliphatic rings. The van der Waals surface area contributed by atoms with Gasteiger partial charge in [0.2, 0.25) is 10.0 Å². The molecule has 41 heavy (non-hydrogen) atoms. The van der Waals surface area contributed by atoms with Gasteiger partial charge in [0, 0.05) is 5.69 Å². The van der Waals surface area contributed by atoms with Crippen molar-refractivity contribution in [2.75, 3.05) is 10.5 Å². The molecule has 10 heteroatoms. The van der Waals surface area contributed by atoms with Crippen LogP contribution in [0.1, 0.15) is 69.7 Å². The summed E-state index contributed by atoms with van der Waals surface area (Å²) in [5.41, 5.74) is 2.96. The Balaban J connectivity index is 1.33. The van der Waals surface area contributed by atoms with Crippen LogP contribution in [0.15, 0.2) is 66.7 Å². The lowest BCUT2D eigenvalue weighted by Gasteiger charge is -2.10. The van der Waals surface area contributed by atoms with E-state index in [1.54, 1.807) is 12.1 Å². The van der Waals surface area contributed by atoms with Crippen LogP contribution in [0.3, 0.4) is 0 Å². The standard InChI is InChI=1S/C31H36F3N3O3S/c1-2-3-4-5-6-7-8-9-19-41(38,39)37-26-12-10-11-23(20-26)24-13-18-28-29(21-24)36-30(35-28)22-40-27-16-14-25(15-17-27)31(32,33)34/h10-18,20-21,37H,2-9,19,22H2,1H3,(H,35,36). The summed E-state index contributed by atoms with van der Waals surface area (Å²) in [6.07, 6.45) is 4.32. The van der Waals surface area contributed by atoms with Crippen molar-refractivity contribution in [3.8, 4) is 16.9 Å². The Hall–Kier alpha value is -3.53. The lowest BCUT2D eigenvalue weighted by Crippen LogP contribution is -2.16. The van der Waals surface area contributed by atoms with Crippen molar-refractivity contribution in [3.05, 3.63) is 78.1 Å². The molecule has 2 N–H and O–H groups in total. The lowest BCUT2D eigenvalue weighted by molar-refractivity contribution is -0.137. The van der Waals surface area contributed by atoms with Crippen molar-refractivity contribution in [2.45, 2.75) is 71.1 Å². The molecule has 1 aromatic heterocycles. The molecule has 0 fully saturated rings. The summed E-state index contributed by atoms with van der Waals surface area (Å²) in [7, 11) is -3.44. The van der Waals surface area contributed by atoms with E-state index in [-0.39, 0.29) is 12.4 Å². The zero-order valence-electron chi connectivity index (χ0n) is 23.1. The van der Waals surface area contributed by atoms with Crippen LogP contribution in [0.4, 0.5) is 18.9 Å². The first-order valence-corrected chi connectivity index (χ1v) is 15.7. The third-order valence-corrected chi connectivity index (χ3v) is 8.20. The highest BCUT2D eigenvalue weighted by molar-refractivity contribution is 7.92. The summed E-state index contributed by atoms with van der Waals surface area (Å²) in [6.45, 7) is 2.25. The van der Waals surface area contributed by atoms with Crippen molar-refractivity contribution in [1.82, 2.24) is 9.97 Å². The van der Waals surface area contributed by atoms with Crippen molar-refractivity contribution < 1.29 is 26.3 Å². The minimum absolute atomic E-state index is 0.0610. The summed E-state index contributed by atoms with van der Waals surface area (Å²) in [5.74, 6) is 0.934. The summed E-state index contributed by atoms with van der Waals surface area (Å²) in [6, 6.07) is 17.4. The van der Waals surface area contributed by atoms with Crippen LogP contribution in [0, 0.1) is 0 Å². The molecule has 0 amide bonds. The van der Waals surface area contributed by atoms with Gasteiger partial charge in [0.15, 0.2) is 0 Å². The second-order valence-corrected chi connectivity index (χ2v) is 12.0. The van der Waals surface area contributed by atoms with E-state index in [9.17, 15) is 21.6 Å². The van der Waals surface area contributed by atoms with Gasteiger partial charge in [-0.2, -0.15) is 13.2 Å². The molecule has 0 aliphatic carbocycles. The number of unbranched alkanes of at least 4 members (excludes halogenated alkanes) is 7. The molecular formula is C31H36F3N3O3S. The minimum atomic E-state index is -4.40. The number of fused-ring (bicyclic) bond motifs is 1. The Kier molecular flexibility index (Phi) is 10.3. The number of nitrogens with one attached hydrogen (secondary N) is 2. The maximum Gasteiger partial charge on any atom is 0.416 e. The third kappa shape index (κ3) is 9.24. The van der Waals surface area contributed by atoms with Crippen LogP contribution in [0.5, 0.6) is 5.75 Å². The normalized spacial score (nSPS) is 12.1. The average Bonchev–Trinajstić information content (AvgIpc) is 3.35. The molecule has 220 valence electrons. The molecule has 0 aliphatic heterocycles. The second-order valence-electron chi connectivity index (χ2n) is 10.2. The largest absolute Gasteiger partial charge is 0.486 e.